The third kappa shape index (κ3) is 2.88. The second kappa shape index (κ2) is 6.29. The molecule has 0 radical (unpaired) electrons. The molecule has 4 nitrogen and oxygen atoms in total. The van der Waals surface area contributed by atoms with Crippen molar-refractivity contribution in [1.82, 2.24) is 4.57 Å². The van der Waals surface area contributed by atoms with Crippen molar-refractivity contribution in [2.75, 3.05) is 7.11 Å². The van der Waals surface area contributed by atoms with Gasteiger partial charge in [-0.1, -0.05) is 23.5 Å². The van der Waals surface area contributed by atoms with Crippen molar-refractivity contribution in [3.05, 3.63) is 51.5 Å². The molecule has 112 valence electrons. The third-order valence-corrected chi connectivity index (χ3v) is 5.08. The molecule has 0 saturated carbocycles. The molecule has 0 spiro atoms. The number of carbonyl (C=O) groups is 1. The zero-order valence-corrected chi connectivity index (χ0v) is 13.8. The summed E-state index contributed by atoms with van der Waals surface area (Å²) in [7, 11) is 3.52. The van der Waals surface area contributed by atoms with Crippen LogP contribution in [0.4, 0.5) is 0 Å². The molecule has 0 aliphatic carbocycles. The van der Waals surface area contributed by atoms with Gasteiger partial charge in [0.05, 0.1) is 11.8 Å². The van der Waals surface area contributed by atoms with E-state index in [1.807, 2.05) is 47.3 Å². The number of benzene rings is 1. The van der Waals surface area contributed by atoms with E-state index >= 15 is 0 Å². The van der Waals surface area contributed by atoms with Crippen LogP contribution in [0.1, 0.15) is 4.88 Å². The minimum absolute atomic E-state index is 0.269. The highest BCUT2D eigenvalue weighted by molar-refractivity contribution is 7.16. The van der Waals surface area contributed by atoms with Gasteiger partial charge >= 0.3 is 0 Å². The number of amides is 1. The summed E-state index contributed by atoms with van der Waals surface area (Å²) < 4.78 is 8.29. The van der Waals surface area contributed by atoms with Gasteiger partial charge in [-0.05, 0) is 29.7 Å². The summed E-state index contributed by atoms with van der Waals surface area (Å²) in [5.41, 5.74) is 0.948. The van der Waals surface area contributed by atoms with Crippen molar-refractivity contribution >= 4 is 44.9 Å². The smallest absolute Gasteiger partial charge is 0.272 e. The van der Waals surface area contributed by atoms with E-state index in [1.165, 1.54) is 17.4 Å². The second-order valence-corrected chi connectivity index (χ2v) is 6.54. The Kier molecular flexibility index (Phi) is 4.22. The van der Waals surface area contributed by atoms with Crippen LogP contribution in [-0.4, -0.2) is 17.6 Å². The molecule has 0 aliphatic rings. The van der Waals surface area contributed by atoms with Gasteiger partial charge in [-0.15, -0.1) is 11.3 Å². The summed E-state index contributed by atoms with van der Waals surface area (Å²) in [6.45, 7) is 0. The lowest BCUT2D eigenvalue weighted by atomic mass is 10.3. The first-order chi connectivity index (χ1) is 10.7. The van der Waals surface area contributed by atoms with E-state index in [0.29, 0.717) is 4.80 Å². The summed E-state index contributed by atoms with van der Waals surface area (Å²) in [5.74, 6) is 0.508. The predicted molar refractivity (Wildman–Crippen MR) is 91.3 cm³/mol. The highest BCUT2D eigenvalue weighted by Gasteiger charge is 2.08. The molecule has 0 N–H and O–H groups in total. The lowest BCUT2D eigenvalue weighted by Crippen LogP contribution is -2.12. The molecule has 3 rings (SSSR count). The first kappa shape index (κ1) is 14.7. The fourth-order valence-corrected chi connectivity index (χ4v) is 3.77. The number of fused-ring (bicyclic) bond motifs is 1. The fraction of sp³-hybridized carbons (Fsp3) is 0.125. The summed E-state index contributed by atoms with van der Waals surface area (Å²) in [4.78, 5) is 17.9. The van der Waals surface area contributed by atoms with Crippen LogP contribution in [0.3, 0.4) is 0 Å². The Labute approximate surface area is 135 Å². The van der Waals surface area contributed by atoms with Crippen molar-refractivity contribution in [3.63, 3.8) is 0 Å². The number of thiophene rings is 1. The molecule has 0 saturated heterocycles. The van der Waals surface area contributed by atoms with Crippen LogP contribution >= 0.6 is 22.7 Å². The van der Waals surface area contributed by atoms with Gasteiger partial charge in [0.2, 0.25) is 0 Å². The monoisotopic (exact) mass is 330 g/mol. The summed E-state index contributed by atoms with van der Waals surface area (Å²) in [5, 5.41) is 1.97. The Balaban J connectivity index is 1.99. The largest absolute Gasteiger partial charge is 0.495 e. The first-order valence-corrected chi connectivity index (χ1v) is 8.31. The molecular weight excluding hydrogens is 316 g/mol. The van der Waals surface area contributed by atoms with Crippen LogP contribution in [0.15, 0.2) is 46.8 Å². The molecule has 0 fully saturated rings. The highest BCUT2D eigenvalue weighted by Crippen LogP contribution is 2.26. The molecule has 1 amide bonds. The van der Waals surface area contributed by atoms with Gasteiger partial charge < -0.3 is 9.30 Å². The maximum Gasteiger partial charge on any atom is 0.272 e. The number of para-hydroxylation sites is 1. The highest BCUT2D eigenvalue weighted by atomic mass is 32.1. The van der Waals surface area contributed by atoms with Crippen LogP contribution in [0.2, 0.25) is 0 Å². The molecule has 1 aromatic carbocycles. The van der Waals surface area contributed by atoms with Crippen molar-refractivity contribution in [2.24, 2.45) is 12.0 Å². The molecule has 2 aromatic heterocycles. The van der Waals surface area contributed by atoms with E-state index in [0.717, 1.165) is 20.8 Å². The van der Waals surface area contributed by atoms with E-state index in [9.17, 15) is 4.79 Å². The molecule has 0 atom stereocenters. The molecule has 3 aromatic rings. The van der Waals surface area contributed by atoms with Gasteiger partial charge in [0.1, 0.15) is 11.3 Å². The quantitative estimate of drug-likeness (QED) is 0.690. The number of nitrogens with zero attached hydrogens (tertiary/aromatic N) is 2. The number of hydrogen-bond donors (Lipinski definition) is 0. The number of carbonyl (C=O) groups excluding carboxylic acids is 1. The molecule has 0 aliphatic heterocycles. The standard InChI is InChI=1S/C16H14N2O2S2/c1-18-15-12(20-2)6-3-7-13(15)22-16(18)17-14(19)9-8-11-5-4-10-21-11/h3-10H,1-2H3. The van der Waals surface area contributed by atoms with Gasteiger partial charge in [-0.2, -0.15) is 4.99 Å². The fourth-order valence-electron chi connectivity index (χ4n) is 2.11. The van der Waals surface area contributed by atoms with E-state index in [1.54, 1.807) is 24.5 Å². The van der Waals surface area contributed by atoms with Crippen LogP contribution in [-0.2, 0) is 11.8 Å². The Morgan fingerprint density at radius 2 is 2.18 bits per heavy atom. The van der Waals surface area contributed by atoms with E-state index in [-0.39, 0.29) is 5.91 Å². The Bertz CT molecular complexity index is 902. The van der Waals surface area contributed by atoms with Gasteiger partial charge in [0.15, 0.2) is 4.80 Å². The first-order valence-electron chi connectivity index (χ1n) is 6.62. The van der Waals surface area contributed by atoms with E-state index < -0.39 is 0 Å². The Hall–Kier alpha value is -2.18. The average molecular weight is 330 g/mol. The second-order valence-electron chi connectivity index (χ2n) is 4.55. The number of rotatable bonds is 3. The lowest BCUT2D eigenvalue weighted by Gasteiger charge is -2.02. The maximum absolute atomic E-state index is 12.0. The number of aryl methyl sites for hydroxylation is 1. The number of ether oxygens (including phenoxy) is 1. The molecule has 6 heteroatoms. The molecule has 0 bridgehead atoms. The van der Waals surface area contributed by atoms with Gasteiger partial charge in [0, 0.05) is 18.0 Å². The summed E-state index contributed by atoms with van der Waals surface area (Å²) in [6.07, 6.45) is 3.28. The van der Waals surface area contributed by atoms with Gasteiger partial charge in [-0.25, -0.2) is 0 Å². The third-order valence-electron chi connectivity index (χ3n) is 3.14. The SMILES string of the molecule is COc1cccc2sc(=NC(=O)C=Cc3cccs3)n(C)c12. The number of hydrogen-bond acceptors (Lipinski definition) is 4. The van der Waals surface area contributed by atoms with Crippen LogP contribution in [0.5, 0.6) is 5.75 Å². The zero-order chi connectivity index (χ0) is 15.5. The maximum atomic E-state index is 12.0. The predicted octanol–water partition coefficient (Wildman–Crippen LogP) is 3.45. The molecular formula is C16H14N2O2S2. The normalized spacial score (nSPS) is 12.4. The van der Waals surface area contributed by atoms with Gasteiger partial charge in [0.25, 0.3) is 5.91 Å². The van der Waals surface area contributed by atoms with E-state index in [2.05, 4.69) is 4.99 Å². The Morgan fingerprint density at radius 1 is 1.32 bits per heavy atom. The molecule has 22 heavy (non-hydrogen) atoms. The Morgan fingerprint density at radius 3 is 2.91 bits per heavy atom. The molecule has 2 heterocycles. The topological polar surface area (TPSA) is 43.6 Å². The summed E-state index contributed by atoms with van der Waals surface area (Å²) >= 11 is 3.05. The van der Waals surface area contributed by atoms with Crippen molar-refractivity contribution in [3.8, 4) is 5.75 Å². The van der Waals surface area contributed by atoms with Crippen LogP contribution < -0.4 is 9.54 Å². The van der Waals surface area contributed by atoms with Crippen molar-refractivity contribution < 1.29 is 9.53 Å². The number of aromatic nitrogens is 1. The lowest BCUT2D eigenvalue weighted by molar-refractivity contribution is -0.113. The van der Waals surface area contributed by atoms with Crippen molar-refractivity contribution in [2.45, 2.75) is 0 Å². The average Bonchev–Trinajstić information content (AvgIpc) is 3.14. The number of thiazole rings is 1. The minimum atomic E-state index is -0.269. The van der Waals surface area contributed by atoms with E-state index in [4.69, 9.17) is 4.74 Å². The molecule has 0 unspecified atom stereocenters. The number of methoxy groups -OCH3 is 1. The van der Waals surface area contributed by atoms with Crippen LogP contribution in [0.25, 0.3) is 16.3 Å². The summed E-state index contributed by atoms with van der Waals surface area (Å²) in [6, 6.07) is 9.73. The zero-order valence-electron chi connectivity index (χ0n) is 12.1. The van der Waals surface area contributed by atoms with Crippen LogP contribution in [0, 0.1) is 0 Å². The van der Waals surface area contributed by atoms with Crippen molar-refractivity contribution in [1.29, 1.82) is 0 Å². The van der Waals surface area contributed by atoms with Gasteiger partial charge in [-0.3, -0.25) is 4.79 Å². The minimum Gasteiger partial charge on any atom is -0.495 e.